The van der Waals surface area contributed by atoms with Crippen LogP contribution < -0.4 is 5.32 Å². The van der Waals surface area contributed by atoms with E-state index in [-0.39, 0.29) is 12.1 Å². The molecule has 2 aliphatic heterocycles. The summed E-state index contributed by atoms with van der Waals surface area (Å²) in [7, 11) is 3.99. The highest BCUT2D eigenvalue weighted by Crippen LogP contribution is 2.38. The Morgan fingerprint density at radius 1 is 1.41 bits per heavy atom. The Labute approximate surface area is 159 Å². The summed E-state index contributed by atoms with van der Waals surface area (Å²) in [4.78, 5) is 28.4. The third kappa shape index (κ3) is 3.79. The van der Waals surface area contributed by atoms with Crippen LogP contribution in [0.3, 0.4) is 0 Å². The SMILES string of the molecule is CN(C)CC(NC(=O)N1Cc2cnn(C(=O)O)c2C1(C)C)C1CCOCC1. The van der Waals surface area contributed by atoms with E-state index in [1.807, 2.05) is 27.9 Å². The van der Waals surface area contributed by atoms with Crippen molar-refractivity contribution in [3.05, 3.63) is 17.5 Å². The lowest BCUT2D eigenvalue weighted by Gasteiger charge is -2.37. The number of ether oxygens (including phenoxy) is 1. The van der Waals surface area contributed by atoms with Crippen LogP contribution in [0, 0.1) is 5.92 Å². The number of rotatable bonds is 4. The fraction of sp³-hybridized carbons (Fsp3) is 0.722. The Balaban J connectivity index is 1.77. The minimum Gasteiger partial charge on any atom is -0.463 e. The number of nitrogens with one attached hydrogen (secondary N) is 1. The van der Waals surface area contributed by atoms with Gasteiger partial charge < -0.3 is 25.0 Å². The fourth-order valence-corrected chi connectivity index (χ4v) is 4.18. The first-order valence-electron chi connectivity index (χ1n) is 9.33. The molecule has 1 saturated heterocycles. The van der Waals surface area contributed by atoms with Gasteiger partial charge in [0.05, 0.1) is 24.0 Å². The largest absolute Gasteiger partial charge is 0.463 e. The van der Waals surface area contributed by atoms with Crippen LogP contribution in [0.4, 0.5) is 9.59 Å². The molecule has 0 saturated carbocycles. The second-order valence-corrected chi connectivity index (χ2v) is 8.13. The van der Waals surface area contributed by atoms with E-state index >= 15 is 0 Å². The van der Waals surface area contributed by atoms with Crippen molar-refractivity contribution >= 4 is 12.1 Å². The molecule has 0 radical (unpaired) electrons. The highest BCUT2D eigenvalue weighted by atomic mass is 16.5. The lowest BCUT2D eigenvalue weighted by Crippen LogP contribution is -2.54. The standard InChI is InChI=1S/C18H29N5O4/c1-18(2)15-13(9-19-23(15)17(25)26)10-22(18)16(24)20-14(11-21(3)4)12-5-7-27-8-6-12/h9,12,14H,5-8,10-11H2,1-4H3,(H,20,24)(H,25,26). The number of amides is 2. The highest BCUT2D eigenvalue weighted by Gasteiger charge is 2.45. The molecule has 2 N–H and O–H groups in total. The molecule has 0 bridgehead atoms. The molecule has 0 aromatic carbocycles. The number of urea groups is 1. The van der Waals surface area contributed by atoms with Gasteiger partial charge in [-0.1, -0.05) is 0 Å². The maximum Gasteiger partial charge on any atom is 0.432 e. The molecule has 2 amide bonds. The average molecular weight is 379 g/mol. The van der Waals surface area contributed by atoms with Gasteiger partial charge in [0.15, 0.2) is 0 Å². The lowest BCUT2D eigenvalue weighted by molar-refractivity contribution is 0.0489. The average Bonchev–Trinajstić information content (AvgIpc) is 3.14. The molecular weight excluding hydrogens is 350 g/mol. The van der Waals surface area contributed by atoms with Crippen molar-refractivity contribution in [2.24, 2.45) is 5.92 Å². The van der Waals surface area contributed by atoms with E-state index in [4.69, 9.17) is 4.74 Å². The van der Waals surface area contributed by atoms with E-state index in [0.717, 1.165) is 42.8 Å². The minimum atomic E-state index is -1.14. The third-order valence-corrected chi connectivity index (χ3v) is 5.56. The Morgan fingerprint density at radius 2 is 2.07 bits per heavy atom. The molecule has 9 heteroatoms. The Morgan fingerprint density at radius 3 is 2.67 bits per heavy atom. The molecule has 3 heterocycles. The molecule has 1 aromatic heterocycles. The van der Waals surface area contributed by atoms with E-state index in [1.54, 1.807) is 4.90 Å². The maximum atomic E-state index is 13.1. The summed E-state index contributed by atoms with van der Waals surface area (Å²) in [6.45, 7) is 6.26. The van der Waals surface area contributed by atoms with Crippen molar-refractivity contribution in [1.29, 1.82) is 0 Å². The van der Waals surface area contributed by atoms with Crippen LogP contribution >= 0.6 is 0 Å². The van der Waals surface area contributed by atoms with E-state index in [9.17, 15) is 14.7 Å². The predicted octanol–water partition coefficient (Wildman–Crippen LogP) is 1.53. The zero-order valence-electron chi connectivity index (χ0n) is 16.4. The number of carbonyl (C=O) groups excluding carboxylic acids is 1. The topological polar surface area (TPSA) is 99.9 Å². The van der Waals surface area contributed by atoms with Crippen LogP contribution in [0.1, 0.15) is 37.9 Å². The van der Waals surface area contributed by atoms with Gasteiger partial charge in [-0.15, -0.1) is 0 Å². The number of carboxylic acid groups (broad SMARTS) is 1. The molecule has 1 atom stereocenters. The number of nitrogens with zero attached hydrogens (tertiary/aromatic N) is 4. The third-order valence-electron chi connectivity index (χ3n) is 5.56. The molecule has 3 rings (SSSR count). The molecule has 1 aromatic rings. The lowest BCUT2D eigenvalue weighted by atomic mass is 9.91. The van der Waals surface area contributed by atoms with Gasteiger partial charge in [-0.3, -0.25) is 0 Å². The highest BCUT2D eigenvalue weighted by molar-refractivity contribution is 5.78. The monoisotopic (exact) mass is 379 g/mol. The van der Waals surface area contributed by atoms with E-state index in [2.05, 4.69) is 15.3 Å². The summed E-state index contributed by atoms with van der Waals surface area (Å²) >= 11 is 0. The van der Waals surface area contributed by atoms with E-state index in [0.29, 0.717) is 18.2 Å². The van der Waals surface area contributed by atoms with Gasteiger partial charge in [-0.25, -0.2) is 9.59 Å². The molecule has 1 fully saturated rings. The quantitative estimate of drug-likeness (QED) is 0.823. The van der Waals surface area contributed by atoms with Crippen molar-refractivity contribution in [2.45, 2.75) is 44.8 Å². The van der Waals surface area contributed by atoms with Gasteiger partial charge in [0, 0.05) is 31.4 Å². The van der Waals surface area contributed by atoms with Crippen molar-refractivity contribution in [1.82, 2.24) is 24.9 Å². The molecule has 9 nitrogen and oxygen atoms in total. The van der Waals surface area contributed by atoms with Gasteiger partial charge in [-0.2, -0.15) is 9.78 Å². The number of carbonyl (C=O) groups is 2. The molecular formula is C18H29N5O4. The summed E-state index contributed by atoms with van der Waals surface area (Å²) in [5, 5.41) is 16.5. The second kappa shape index (κ2) is 7.47. The molecule has 0 aliphatic carbocycles. The number of likely N-dealkylation sites (N-methyl/N-ethyl adjacent to an activating group) is 1. The zero-order valence-corrected chi connectivity index (χ0v) is 16.4. The summed E-state index contributed by atoms with van der Waals surface area (Å²) in [5.41, 5.74) is 0.570. The summed E-state index contributed by atoms with van der Waals surface area (Å²) in [6, 6.07) is -0.154. The van der Waals surface area contributed by atoms with Gasteiger partial charge >= 0.3 is 12.1 Å². The fourth-order valence-electron chi connectivity index (χ4n) is 4.18. The van der Waals surface area contributed by atoms with Gasteiger partial charge in [0.25, 0.3) is 0 Å². The Hall–Kier alpha value is -2.13. The van der Waals surface area contributed by atoms with Crippen molar-refractivity contribution in [3.63, 3.8) is 0 Å². The predicted molar refractivity (Wildman–Crippen MR) is 98.6 cm³/mol. The summed E-state index contributed by atoms with van der Waals surface area (Å²) < 4.78 is 6.43. The van der Waals surface area contributed by atoms with Crippen LogP contribution in [0.5, 0.6) is 0 Å². The van der Waals surface area contributed by atoms with Gasteiger partial charge in [0.2, 0.25) is 0 Å². The Bertz CT molecular complexity index is 709. The smallest absolute Gasteiger partial charge is 0.432 e. The zero-order chi connectivity index (χ0) is 19.8. The maximum absolute atomic E-state index is 13.1. The van der Waals surface area contributed by atoms with Crippen LogP contribution in [-0.2, 0) is 16.8 Å². The van der Waals surface area contributed by atoms with Crippen LogP contribution in [-0.4, -0.2) is 76.7 Å². The second-order valence-electron chi connectivity index (χ2n) is 8.13. The van der Waals surface area contributed by atoms with Crippen LogP contribution in [0.15, 0.2) is 6.20 Å². The van der Waals surface area contributed by atoms with Crippen LogP contribution in [0.25, 0.3) is 0 Å². The summed E-state index contributed by atoms with van der Waals surface area (Å²) in [5.74, 6) is 0.368. The Kier molecular flexibility index (Phi) is 5.43. The molecule has 150 valence electrons. The minimum absolute atomic E-state index is 0.0203. The number of fused-ring (bicyclic) bond motifs is 1. The first kappa shape index (κ1) is 19.6. The molecule has 2 aliphatic rings. The van der Waals surface area contributed by atoms with Crippen molar-refractivity contribution < 1.29 is 19.4 Å². The van der Waals surface area contributed by atoms with Crippen LogP contribution in [0.2, 0.25) is 0 Å². The van der Waals surface area contributed by atoms with Gasteiger partial charge in [0.1, 0.15) is 0 Å². The molecule has 27 heavy (non-hydrogen) atoms. The molecule has 0 spiro atoms. The first-order chi connectivity index (χ1) is 12.7. The van der Waals surface area contributed by atoms with E-state index < -0.39 is 11.6 Å². The number of aromatic nitrogens is 2. The first-order valence-corrected chi connectivity index (χ1v) is 9.33. The summed E-state index contributed by atoms with van der Waals surface area (Å²) in [6.07, 6.45) is 2.25. The normalized spacial score (nSPS) is 20.6. The van der Waals surface area contributed by atoms with E-state index in [1.165, 1.54) is 6.20 Å². The molecule has 1 unspecified atom stereocenters. The van der Waals surface area contributed by atoms with Crippen molar-refractivity contribution in [3.8, 4) is 0 Å². The van der Waals surface area contributed by atoms with Gasteiger partial charge in [-0.05, 0) is 46.7 Å². The number of hydrogen-bond donors (Lipinski definition) is 2. The number of hydrogen-bond acceptors (Lipinski definition) is 5. The van der Waals surface area contributed by atoms with Crippen molar-refractivity contribution in [2.75, 3.05) is 33.9 Å².